The van der Waals surface area contributed by atoms with Gasteiger partial charge in [0.05, 0.1) is 7.11 Å². The molecule has 0 bridgehead atoms. The van der Waals surface area contributed by atoms with Crippen molar-refractivity contribution in [2.45, 2.75) is 43.4 Å². The first kappa shape index (κ1) is 19.7. The lowest BCUT2D eigenvalue weighted by molar-refractivity contribution is 0.0938. The summed E-state index contributed by atoms with van der Waals surface area (Å²) in [7, 11) is 1.65. The minimum atomic E-state index is -0.0404. The molecule has 2 aromatic rings. The molecular weight excluding hydrogens is 354 g/mol. The van der Waals surface area contributed by atoms with Crippen LogP contribution >= 0.6 is 23.4 Å². The van der Waals surface area contributed by atoms with Crippen LogP contribution in [0.15, 0.2) is 47.4 Å². The molecule has 0 heterocycles. The van der Waals surface area contributed by atoms with Crippen molar-refractivity contribution in [1.29, 1.82) is 0 Å². The molecule has 0 aliphatic heterocycles. The van der Waals surface area contributed by atoms with Crippen molar-refractivity contribution in [3.8, 4) is 5.75 Å². The Morgan fingerprint density at radius 2 is 1.96 bits per heavy atom. The van der Waals surface area contributed by atoms with Gasteiger partial charge in [0.25, 0.3) is 5.91 Å². The number of amides is 1. The smallest absolute Gasteiger partial charge is 0.251 e. The van der Waals surface area contributed by atoms with Crippen LogP contribution in [0.1, 0.15) is 42.6 Å². The third-order valence-corrected chi connectivity index (χ3v) is 5.16. The average molecular weight is 378 g/mol. The fraction of sp³-hybridized carbons (Fsp3) is 0.350. The monoisotopic (exact) mass is 377 g/mol. The SMILES string of the molecule is CCCC(C)NC(=O)c1ccc(OC)c(CSc2ccc(Cl)cc2)c1. The molecule has 0 radical (unpaired) electrons. The fourth-order valence-electron chi connectivity index (χ4n) is 2.54. The van der Waals surface area contributed by atoms with Crippen LogP contribution in [-0.4, -0.2) is 19.1 Å². The summed E-state index contributed by atoms with van der Waals surface area (Å²) >= 11 is 7.61. The van der Waals surface area contributed by atoms with Gasteiger partial charge in [-0.15, -0.1) is 11.8 Å². The maximum Gasteiger partial charge on any atom is 0.251 e. The van der Waals surface area contributed by atoms with Gasteiger partial charge in [0, 0.05) is 32.8 Å². The van der Waals surface area contributed by atoms with Crippen LogP contribution in [0.3, 0.4) is 0 Å². The minimum Gasteiger partial charge on any atom is -0.496 e. The topological polar surface area (TPSA) is 38.3 Å². The Kier molecular flexibility index (Phi) is 7.66. The zero-order valence-electron chi connectivity index (χ0n) is 14.8. The Labute approximate surface area is 159 Å². The quantitative estimate of drug-likeness (QED) is 0.612. The van der Waals surface area contributed by atoms with Crippen LogP contribution in [0.25, 0.3) is 0 Å². The van der Waals surface area contributed by atoms with Gasteiger partial charge >= 0.3 is 0 Å². The van der Waals surface area contributed by atoms with Crippen LogP contribution in [0.5, 0.6) is 5.75 Å². The van der Waals surface area contributed by atoms with Crippen molar-refractivity contribution in [2.75, 3.05) is 7.11 Å². The number of thioether (sulfide) groups is 1. The fourth-order valence-corrected chi connectivity index (χ4v) is 3.54. The van der Waals surface area contributed by atoms with E-state index in [0.717, 1.165) is 39.8 Å². The van der Waals surface area contributed by atoms with E-state index in [-0.39, 0.29) is 11.9 Å². The summed E-state index contributed by atoms with van der Waals surface area (Å²) in [4.78, 5) is 13.5. The first-order valence-corrected chi connectivity index (χ1v) is 9.76. The first-order valence-electron chi connectivity index (χ1n) is 8.39. The number of nitrogens with one attached hydrogen (secondary N) is 1. The van der Waals surface area contributed by atoms with E-state index in [9.17, 15) is 4.79 Å². The Hall–Kier alpha value is -1.65. The van der Waals surface area contributed by atoms with Crippen LogP contribution < -0.4 is 10.1 Å². The number of halogens is 1. The van der Waals surface area contributed by atoms with Crippen molar-refractivity contribution >= 4 is 29.3 Å². The maximum absolute atomic E-state index is 12.4. The molecule has 1 amide bonds. The molecule has 0 aliphatic carbocycles. The summed E-state index contributed by atoms with van der Waals surface area (Å²) in [6, 6.07) is 13.5. The summed E-state index contributed by atoms with van der Waals surface area (Å²) < 4.78 is 5.44. The summed E-state index contributed by atoms with van der Waals surface area (Å²) in [5.74, 6) is 1.47. The highest BCUT2D eigenvalue weighted by molar-refractivity contribution is 7.98. The lowest BCUT2D eigenvalue weighted by atomic mass is 10.1. The van der Waals surface area contributed by atoms with Crippen molar-refractivity contribution < 1.29 is 9.53 Å². The van der Waals surface area contributed by atoms with Crippen LogP contribution in [0.2, 0.25) is 5.02 Å². The second kappa shape index (κ2) is 9.73. The first-order chi connectivity index (χ1) is 12.0. The molecule has 5 heteroatoms. The highest BCUT2D eigenvalue weighted by Gasteiger charge is 2.12. The standard InChI is InChI=1S/C20H24ClNO2S/c1-4-5-14(2)22-20(23)15-6-11-19(24-3)16(12-15)13-25-18-9-7-17(21)8-10-18/h6-12,14H,4-5,13H2,1-3H3,(H,22,23). The molecule has 2 aromatic carbocycles. The molecule has 2 rings (SSSR count). The van der Waals surface area contributed by atoms with Gasteiger partial charge in [0.1, 0.15) is 5.75 Å². The highest BCUT2D eigenvalue weighted by Crippen LogP contribution is 2.29. The van der Waals surface area contributed by atoms with E-state index < -0.39 is 0 Å². The molecule has 1 N–H and O–H groups in total. The van der Waals surface area contributed by atoms with Gasteiger partial charge in [0.15, 0.2) is 0 Å². The maximum atomic E-state index is 12.4. The molecule has 0 spiro atoms. The Morgan fingerprint density at radius 3 is 2.60 bits per heavy atom. The summed E-state index contributed by atoms with van der Waals surface area (Å²) in [6.07, 6.45) is 2.02. The van der Waals surface area contributed by atoms with Crippen LogP contribution in [-0.2, 0) is 5.75 Å². The molecule has 3 nitrogen and oxygen atoms in total. The number of ether oxygens (including phenoxy) is 1. The summed E-state index contributed by atoms with van der Waals surface area (Å²) in [6.45, 7) is 4.14. The lowest BCUT2D eigenvalue weighted by Gasteiger charge is -2.14. The normalized spacial score (nSPS) is 11.8. The summed E-state index contributed by atoms with van der Waals surface area (Å²) in [5, 5.41) is 3.76. The lowest BCUT2D eigenvalue weighted by Crippen LogP contribution is -2.32. The second-order valence-electron chi connectivity index (χ2n) is 5.93. The number of carbonyl (C=O) groups excluding carboxylic acids is 1. The van der Waals surface area contributed by atoms with E-state index >= 15 is 0 Å². The molecule has 25 heavy (non-hydrogen) atoms. The van der Waals surface area contributed by atoms with E-state index in [1.54, 1.807) is 18.9 Å². The molecule has 0 saturated heterocycles. The number of hydrogen-bond acceptors (Lipinski definition) is 3. The molecule has 1 unspecified atom stereocenters. The number of methoxy groups -OCH3 is 1. The van der Waals surface area contributed by atoms with Crippen molar-refractivity contribution in [1.82, 2.24) is 5.32 Å². The van der Waals surface area contributed by atoms with Crippen molar-refractivity contribution in [3.63, 3.8) is 0 Å². The molecule has 1 atom stereocenters. The molecule has 134 valence electrons. The van der Waals surface area contributed by atoms with Crippen LogP contribution in [0.4, 0.5) is 0 Å². The highest BCUT2D eigenvalue weighted by atomic mass is 35.5. The van der Waals surface area contributed by atoms with E-state index in [4.69, 9.17) is 16.3 Å². The van der Waals surface area contributed by atoms with E-state index in [1.807, 2.05) is 49.4 Å². The van der Waals surface area contributed by atoms with Gasteiger partial charge in [-0.1, -0.05) is 24.9 Å². The largest absolute Gasteiger partial charge is 0.496 e. The van der Waals surface area contributed by atoms with Gasteiger partial charge in [-0.05, 0) is 55.8 Å². The summed E-state index contributed by atoms with van der Waals surface area (Å²) in [5.41, 5.74) is 1.66. The van der Waals surface area contributed by atoms with Gasteiger partial charge in [-0.3, -0.25) is 4.79 Å². The van der Waals surface area contributed by atoms with E-state index in [0.29, 0.717) is 5.56 Å². The molecule has 0 saturated carbocycles. The van der Waals surface area contributed by atoms with Gasteiger partial charge in [-0.2, -0.15) is 0 Å². The second-order valence-corrected chi connectivity index (χ2v) is 7.42. The van der Waals surface area contributed by atoms with Crippen molar-refractivity contribution in [3.05, 3.63) is 58.6 Å². The third kappa shape index (κ3) is 5.98. The molecule has 0 fully saturated rings. The Morgan fingerprint density at radius 1 is 1.24 bits per heavy atom. The molecular formula is C20H24ClNO2S. The number of hydrogen-bond donors (Lipinski definition) is 1. The number of benzene rings is 2. The zero-order chi connectivity index (χ0) is 18.2. The molecule has 0 aromatic heterocycles. The minimum absolute atomic E-state index is 0.0404. The predicted octanol–water partition coefficient (Wildman–Crippen LogP) is 5.56. The van der Waals surface area contributed by atoms with Crippen molar-refractivity contribution in [2.24, 2.45) is 0 Å². The van der Waals surface area contributed by atoms with Gasteiger partial charge in [0.2, 0.25) is 0 Å². The predicted molar refractivity (Wildman–Crippen MR) is 106 cm³/mol. The number of rotatable bonds is 8. The number of carbonyl (C=O) groups is 1. The Balaban J connectivity index is 2.10. The van der Waals surface area contributed by atoms with Gasteiger partial charge < -0.3 is 10.1 Å². The van der Waals surface area contributed by atoms with Gasteiger partial charge in [-0.25, -0.2) is 0 Å². The Bertz CT molecular complexity index is 703. The zero-order valence-corrected chi connectivity index (χ0v) is 16.4. The average Bonchev–Trinajstić information content (AvgIpc) is 2.61. The van der Waals surface area contributed by atoms with Crippen LogP contribution in [0, 0.1) is 0 Å². The molecule has 0 aliphatic rings. The van der Waals surface area contributed by atoms with E-state index in [1.165, 1.54) is 0 Å². The van der Waals surface area contributed by atoms with E-state index in [2.05, 4.69) is 12.2 Å². The third-order valence-electron chi connectivity index (χ3n) is 3.85.